The molecule has 0 bridgehead atoms. The van der Waals surface area contributed by atoms with Gasteiger partial charge in [0.2, 0.25) is 0 Å². The van der Waals surface area contributed by atoms with Crippen LogP contribution in [0.1, 0.15) is 206 Å². The average molecular weight is 816 g/mol. The third-order valence-corrected chi connectivity index (χ3v) is 10.6. The summed E-state index contributed by atoms with van der Waals surface area (Å²) in [6.07, 6.45) is 41.0. The number of phosphoric acid groups is 1. The molecule has 0 aliphatic rings. The van der Waals surface area contributed by atoms with Crippen molar-refractivity contribution in [3.63, 3.8) is 0 Å². The monoisotopic (exact) mass is 816 g/mol. The second-order valence-corrected chi connectivity index (χ2v) is 16.6. The smallest absolute Gasteiger partial charge is 0.472 e. The molecule has 0 aliphatic carbocycles. The number of ether oxygens (including phenoxy) is 2. The van der Waals surface area contributed by atoms with Gasteiger partial charge in [-0.3, -0.25) is 23.4 Å². The lowest BCUT2D eigenvalue weighted by atomic mass is 10.1. The van der Waals surface area contributed by atoms with Crippen molar-refractivity contribution in [3.8, 4) is 0 Å². The van der Waals surface area contributed by atoms with Gasteiger partial charge in [-0.25, -0.2) is 4.57 Å². The highest BCUT2D eigenvalue weighted by Gasteiger charge is 2.28. The van der Waals surface area contributed by atoms with Crippen molar-refractivity contribution in [2.24, 2.45) is 5.73 Å². The molecule has 0 rings (SSSR count). The van der Waals surface area contributed by atoms with Crippen molar-refractivity contribution in [2.45, 2.75) is 219 Å². The fourth-order valence-electron chi connectivity index (χ4n) is 6.11. The lowest BCUT2D eigenvalue weighted by Crippen LogP contribution is -2.34. The Morgan fingerprint density at radius 1 is 0.536 bits per heavy atom. The molecular weight excluding hydrogens is 733 g/mol. The van der Waals surface area contributed by atoms with Crippen LogP contribution in [0.5, 0.6) is 0 Å². The zero-order chi connectivity index (χ0) is 41.4. The number of carbonyl (C=O) groups excluding carboxylic acids is 2. The number of hydrogen-bond donors (Lipinski definition) is 3. The molecule has 0 radical (unpaired) electrons. The minimum atomic E-state index is -4.71. The molecule has 0 saturated heterocycles. The number of unbranched alkanes of at least 4 members (excludes halogenated alkanes) is 24. The molecule has 56 heavy (non-hydrogen) atoms. The van der Waals surface area contributed by atoms with Crippen molar-refractivity contribution in [1.82, 2.24) is 0 Å². The summed E-state index contributed by atoms with van der Waals surface area (Å²) < 4.78 is 32.7. The molecule has 0 aromatic rings. The molecule has 0 aliphatic heterocycles. The van der Waals surface area contributed by atoms with Crippen LogP contribution in [-0.4, -0.2) is 59.9 Å². The Morgan fingerprint density at radius 3 is 1.32 bits per heavy atom. The van der Waals surface area contributed by atoms with E-state index < -0.39 is 51.1 Å². The van der Waals surface area contributed by atoms with Crippen LogP contribution in [0, 0.1) is 0 Å². The Kier molecular flexibility index (Phi) is 38.3. The minimum Gasteiger partial charge on any atom is -0.480 e. The largest absolute Gasteiger partial charge is 0.480 e. The molecule has 0 saturated carbocycles. The summed E-state index contributed by atoms with van der Waals surface area (Å²) in [6, 6.07) is -1.52. The Bertz CT molecular complexity index is 1050. The van der Waals surface area contributed by atoms with Crippen molar-refractivity contribution in [1.29, 1.82) is 0 Å². The highest BCUT2D eigenvalue weighted by molar-refractivity contribution is 7.47. The van der Waals surface area contributed by atoms with E-state index in [1.165, 1.54) is 109 Å². The summed E-state index contributed by atoms with van der Waals surface area (Å²) >= 11 is 0. The van der Waals surface area contributed by atoms with E-state index in [1.54, 1.807) is 0 Å². The van der Waals surface area contributed by atoms with E-state index in [0.717, 1.165) is 57.8 Å². The minimum absolute atomic E-state index is 0.152. The summed E-state index contributed by atoms with van der Waals surface area (Å²) in [4.78, 5) is 45.9. The molecule has 12 heteroatoms. The first-order chi connectivity index (χ1) is 27.1. The number of phosphoric ester groups is 1. The normalized spacial score (nSPS) is 13.9. The molecule has 0 amide bonds. The van der Waals surface area contributed by atoms with E-state index in [2.05, 4.69) is 42.7 Å². The van der Waals surface area contributed by atoms with Gasteiger partial charge in [-0.1, -0.05) is 154 Å². The van der Waals surface area contributed by atoms with Gasteiger partial charge in [0, 0.05) is 12.8 Å². The standard InChI is InChI=1S/C44H82NO10P/c1-3-5-7-9-11-13-15-17-18-19-20-21-22-24-25-27-29-31-33-35-42(46)52-37-40(38-53-56(50,51)54-39-41(45)44(48)49)55-43(47)36-34-32-30-28-26-23-16-14-12-10-8-6-4-2/h14,16-18,40-41H,3-13,15,19-39,45H2,1-2H3,(H,48,49)(H,50,51)/b16-14-,18-17-/t40-,41+/m1/s1. The maximum absolute atomic E-state index is 12.6. The molecule has 328 valence electrons. The summed E-state index contributed by atoms with van der Waals surface area (Å²) in [5.41, 5.74) is 5.33. The molecule has 0 aromatic heterocycles. The van der Waals surface area contributed by atoms with Crippen LogP contribution in [0.2, 0.25) is 0 Å². The van der Waals surface area contributed by atoms with Crippen molar-refractivity contribution in [2.75, 3.05) is 19.8 Å². The van der Waals surface area contributed by atoms with Crippen LogP contribution in [0.4, 0.5) is 0 Å². The summed E-state index contributed by atoms with van der Waals surface area (Å²) in [5.74, 6) is -2.39. The summed E-state index contributed by atoms with van der Waals surface area (Å²) in [5, 5.41) is 8.88. The van der Waals surface area contributed by atoms with Gasteiger partial charge in [0.05, 0.1) is 13.2 Å². The molecule has 4 N–H and O–H groups in total. The molecule has 11 nitrogen and oxygen atoms in total. The third kappa shape index (κ3) is 38.8. The first-order valence-corrected chi connectivity index (χ1v) is 23.9. The third-order valence-electron chi connectivity index (χ3n) is 9.67. The molecule has 3 atom stereocenters. The fourth-order valence-corrected chi connectivity index (χ4v) is 6.89. The van der Waals surface area contributed by atoms with Gasteiger partial charge in [-0.2, -0.15) is 0 Å². The van der Waals surface area contributed by atoms with Gasteiger partial charge in [0.15, 0.2) is 6.10 Å². The number of esters is 2. The Morgan fingerprint density at radius 2 is 0.893 bits per heavy atom. The van der Waals surface area contributed by atoms with Gasteiger partial charge in [-0.05, 0) is 64.2 Å². The van der Waals surface area contributed by atoms with Crippen LogP contribution in [-0.2, 0) is 37.5 Å². The molecule has 1 unspecified atom stereocenters. The number of carboxylic acids is 1. The Labute approximate surface area is 340 Å². The zero-order valence-corrected chi connectivity index (χ0v) is 36.4. The van der Waals surface area contributed by atoms with E-state index in [9.17, 15) is 23.8 Å². The fraction of sp³-hybridized carbons (Fsp3) is 0.841. The number of carboxylic acid groups (broad SMARTS) is 1. The zero-order valence-electron chi connectivity index (χ0n) is 35.5. The number of aliphatic carboxylic acids is 1. The lowest BCUT2D eigenvalue weighted by molar-refractivity contribution is -0.161. The predicted octanol–water partition coefficient (Wildman–Crippen LogP) is 11.8. The summed E-state index contributed by atoms with van der Waals surface area (Å²) in [6.45, 7) is 2.78. The maximum Gasteiger partial charge on any atom is 0.472 e. The van der Waals surface area contributed by atoms with Crippen LogP contribution in [0.15, 0.2) is 24.3 Å². The maximum atomic E-state index is 12.6. The van der Waals surface area contributed by atoms with E-state index in [-0.39, 0.29) is 19.4 Å². The van der Waals surface area contributed by atoms with E-state index >= 15 is 0 Å². The van der Waals surface area contributed by atoms with Crippen molar-refractivity contribution >= 4 is 25.7 Å². The van der Waals surface area contributed by atoms with Gasteiger partial charge in [0.1, 0.15) is 12.6 Å². The van der Waals surface area contributed by atoms with Gasteiger partial charge in [-0.15, -0.1) is 0 Å². The van der Waals surface area contributed by atoms with E-state index in [1.807, 2.05) is 0 Å². The van der Waals surface area contributed by atoms with Crippen LogP contribution in [0.25, 0.3) is 0 Å². The highest BCUT2D eigenvalue weighted by Crippen LogP contribution is 2.43. The summed E-state index contributed by atoms with van der Waals surface area (Å²) in [7, 11) is -4.71. The molecule has 0 fully saturated rings. The number of rotatable bonds is 42. The van der Waals surface area contributed by atoms with Crippen molar-refractivity contribution in [3.05, 3.63) is 24.3 Å². The average Bonchev–Trinajstić information content (AvgIpc) is 3.17. The molecular formula is C44H82NO10P. The van der Waals surface area contributed by atoms with Gasteiger partial charge < -0.3 is 25.2 Å². The topological polar surface area (TPSA) is 172 Å². The number of nitrogens with two attached hydrogens (primary N) is 1. The Balaban J connectivity index is 4.30. The Hall–Kier alpha value is -2.04. The lowest BCUT2D eigenvalue weighted by Gasteiger charge is -2.20. The van der Waals surface area contributed by atoms with Crippen LogP contribution >= 0.6 is 7.82 Å². The van der Waals surface area contributed by atoms with Crippen LogP contribution in [0.3, 0.4) is 0 Å². The highest BCUT2D eigenvalue weighted by atomic mass is 31.2. The molecule has 0 spiro atoms. The number of carbonyl (C=O) groups is 3. The first-order valence-electron chi connectivity index (χ1n) is 22.4. The van der Waals surface area contributed by atoms with Gasteiger partial charge in [0.25, 0.3) is 0 Å². The molecule has 0 aromatic carbocycles. The van der Waals surface area contributed by atoms with E-state index in [0.29, 0.717) is 12.8 Å². The first kappa shape index (κ1) is 54.0. The second kappa shape index (κ2) is 39.8. The van der Waals surface area contributed by atoms with Gasteiger partial charge >= 0.3 is 25.7 Å². The van der Waals surface area contributed by atoms with Crippen LogP contribution < -0.4 is 5.73 Å². The number of hydrogen-bond acceptors (Lipinski definition) is 9. The quantitative estimate of drug-likeness (QED) is 0.0232. The van der Waals surface area contributed by atoms with E-state index in [4.69, 9.17) is 24.8 Å². The predicted molar refractivity (Wildman–Crippen MR) is 226 cm³/mol. The second-order valence-electron chi connectivity index (χ2n) is 15.2. The SMILES string of the molecule is CCCCCC/C=C\CCCCCCCC(=O)O[C@H](COC(=O)CCCCCCCCCCC/C=C\CCCCCCCC)COP(=O)(O)OC[C@H](N)C(=O)O. The number of allylic oxidation sites excluding steroid dienone is 4. The van der Waals surface area contributed by atoms with Crippen molar-refractivity contribution < 1.29 is 47.5 Å². The molecule has 0 heterocycles.